The second-order valence-electron chi connectivity index (χ2n) is 6.54. The molecule has 0 aliphatic heterocycles. The van der Waals surface area contributed by atoms with Crippen LogP contribution in [0.1, 0.15) is 19.9 Å². The Morgan fingerprint density at radius 2 is 1.97 bits per heavy atom. The first-order valence-electron chi connectivity index (χ1n) is 8.94. The number of carbonyl (C=O) groups excluding carboxylic acids is 1. The van der Waals surface area contributed by atoms with Crippen LogP contribution in [-0.2, 0) is 4.79 Å². The van der Waals surface area contributed by atoms with Crippen molar-refractivity contribution in [3.05, 3.63) is 54.9 Å². The number of aromatic nitrogens is 6. The molecule has 0 saturated carbocycles. The fourth-order valence-electron chi connectivity index (χ4n) is 2.85. The van der Waals surface area contributed by atoms with Gasteiger partial charge in [-0.15, -0.1) is 0 Å². The maximum Gasteiger partial charge on any atom is 0.235 e. The number of benzene rings is 1. The summed E-state index contributed by atoms with van der Waals surface area (Å²) in [4.78, 5) is 21.0. The lowest BCUT2D eigenvalue weighted by molar-refractivity contribution is -0.113. The predicted molar refractivity (Wildman–Crippen MR) is 109 cm³/mol. The number of anilines is 1. The fraction of sp³-hybridized carbons (Fsp3) is 0.211. The zero-order valence-electron chi connectivity index (χ0n) is 15.8. The maximum absolute atomic E-state index is 13.2. The van der Waals surface area contributed by atoms with Gasteiger partial charge in [0.2, 0.25) is 5.91 Å². The van der Waals surface area contributed by atoms with Crippen LogP contribution in [0.4, 0.5) is 10.2 Å². The molecule has 1 amide bonds. The average Bonchev–Trinajstić information content (AvgIpc) is 3.34. The number of hydrogen-bond donors (Lipinski definition) is 1. The summed E-state index contributed by atoms with van der Waals surface area (Å²) in [6.45, 7) is 3.99. The van der Waals surface area contributed by atoms with Gasteiger partial charge in [-0.3, -0.25) is 4.79 Å². The topological polar surface area (TPSA) is 90.5 Å². The molecule has 0 radical (unpaired) electrons. The molecule has 3 heterocycles. The van der Waals surface area contributed by atoms with E-state index in [2.05, 4.69) is 25.5 Å². The third-order valence-electron chi connectivity index (χ3n) is 4.17. The number of amides is 1. The number of halogens is 1. The van der Waals surface area contributed by atoms with Crippen LogP contribution in [0.5, 0.6) is 0 Å². The summed E-state index contributed by atoms with van der Waals surface area (Å²) in [5.41, 5.74) is 1.28. The van der Waals surface area contributed by atoms with Crippen LogP contribution in [0.2, 0.25) is 0 Å². The minimum Gasteiger partial charge on any atom is -0.310 e. The standard InChI is InChI=1S/C19H18FN7OS/c1-12(2)26-16(7-8-23-26)25-17(28)10-29-19-15-9-24-27(18(15)21-11-22-19)14-5-3-13(20)4-6-14/h3-9,11-12H,10H2,1-2H3,(H,25,28). The highest BCUT2D eigenvalue weighted by Crippen LogP contribution is 2.26. The normalized spacial score (nSPS) is 11.3. The van der Waals surface area contributed by atoms with Gasteiger partial charge in [0.25, 0.3) is 0 Å². The summed E-state index contributed by atoms with van der Waals surface area (Å²) in [5.74, 6) is 0.357. The number of nitrogens with one attached hydrogen (secondary N) is 1. The van der Waals surface area contributed by atoms with Crippen molar-refractivity contribution in [1.82, 2.24) is 29.5 Å². The van der Waals surface area contributed by atoms with E-state index < -0.39 is 0 Å². The van der Waals surface area contributed by atoms with Crippen LogP contribution in [0.25, 0.3) is 16.7 Å². The van der Waals surface area contributed by atoms with Crippen molar-refractivity contribution in [3.63, 3.8) is 0 Å². The van der Waals surface area contributed by atoms with E-state index in [9.17, 15) is 9.18 Å². The molecular formula is C19H18FN7OS. The monoisotopic (exact) mass is 411 g/mol. The van der Waals surface area contributed by atoms with E-state index in [1.54, 1.807) is 40.0 Å². The minimum absolute atomic E-state index is 0.145. The Bertz CT molecular complexity index is 1150. The Morgan fingerprint density at radius 1 is 1.17 bits per heavy atom. The van der Waals surface area contributed by atoms with Crippen molar-refractivity contribution >= 4 is 34.5 Å². The highest BCUT2D eigenvalue weighted by atomic mass is 32.2. The molecule has 0 unspecified atom stereocenters. The summed E-state index contributed by atoms with van der Waals surface area (Å²) in [7, 11) is 0. The van der Waals surface area contributed by atoms with E-state index in [1.165, 1.54) is 30.2 Å². The largest absolute Gasteiger partial charge is 0.310 e. The van der Waals surface area contributed by atoms with Crippen LogP contribution in [-0.4, -0.2) is 41.2 Å². The second-order valence-corrected chi connectivity index (χ2v) is 7.50. The van der Waals surface area contributed by atoms with Gasteiger partial charge < -0.3 is 5.32 Å². The molecule has 0 aliphatic rings. The molecule has 3 aromatic heterocycles. The van der Waals surface area contributed by atoms with Crippen LogP contribution < -0.4 is 5.32 Å². The number of carbonyl (C=O) groups is 1. The molecule has 10 heteroatoms. The number of fused-ring (bicyclic) bond motifs is 1. The number of rotatable bonds is 6. The van der Waals surface area contributed by atoms with Crippen LogP contribution in [0.3, 0.4) is 0 Å². The molecule has 148 valence electrons. The van der Waals surface area contributed by atoms with Gasteiger partial charge in [-0.2, -0.15) is 10.2 Å². The summed E-state index contributed by atoms with van der Waals surface area (Å²) in [5, 5.41) is 12.8. The summed E-state index contributed by atoms with van der Waals surface area (Å²) >= 11 is 1.30. The Morgan fingerprint density at radius 3 is 2.72 bits per heavy atom. The van der Waals surface area contributed by atoms with Crippen molar-refractivity contribution in [2.24, 2.45) is 0 Å². The molecule has 0 spiro atoms. The Hall–Kier alpha value is -3.27. The van der Waals surface area contributed by atoms with Gasteiger partial charge in [0, 0.05) is 12.1 Å². The minimum atomic E-state index is -0.319. The summed E-state index contributed by atoms with van der Waals surface area (Å²) in [6, 6.07) is 7.90. The van der Waals surface area contributed by atoms with Gasteiger partial charge in [-0.05, 0) is 38.1 Å². The van der Waals surface area contributed by atoms with Crippen molar-refractivity contribution in [3.8, 4) is 5.69 Å². The SMILES string of the molecule is CC(C)n1nccc1NC(=O)CSc1ncnc2c1cnn2-c1ccc(F)cc1. The Kier molecular flexibility index (Phi) is 5.26. The first kappa shape index (κ1) is 19.1. The number of nitrogens with zero attached hydrogens (tertiary/aromatic N) is 6. The molecular weight excluding hydrogens is 393 g/mol. The summed E-state index contributed by atoms with van der Waals surface area (Å²) < 4.78 is 16.5. The van der Waals surface area contributed by atoms with E-state index in [0.29, 0.717) is 22.2 Å². The van der Waals surface area contributed by atoms with E-state index >= 15 is 0 Å². The van der Waals surface area contributed by atoms with Crippen molar-refractivity contribution in [2.75, 3.05) is 11.1 Å². The third-order valence-corrected chi connectivity index (χ3v) is 5.17. The van der Waals surface area contributed by atoms with Crippen LogP contribution in [0.15, 0.2) is 54.1 Å². The molecule has 4 rings (SSSR count). The fourth-order valence-corrected chi connectivity index (χ4v) is 3.61. The van der Waals surface area contributed by atoms with E-state index in [-0.39, 0.29) is 23.5 Å². The Labute approximate surface area is 170 Å². The molecule has 29 heavy (non-hydrogen) atoms. The zero-order valence-corrected chi connectivity index (χ0v) is 16.6. The van der Waals surface area contributed by atoms with E-state index in [1.807, 2.05) is 13.8 Å². The molecule has 4 aromatic rings. The lowest BCUT2D eigenvalue weighted by atomic mass is 10.3. The summed E-state index contributed by atoms with van der Waals surface area (Å²) in [6.07, 6.45) is 4.73. The second kappa shape index (κ2) is 8.00. The van der Waals surface area contributed by atoms with Gasteiger partial charge in [0.15, 0.2) is 5.65 Å². The quantitative estimate of drug-likeness (QED) is 0.386. The lowest BCUT2D eigenvalue weighted by Gasteiger charge is -2.11. The molecule has 1 aromatic carbocycles. The predicted octanol–water partition coefficient (Wildman–Crippen LogP) is 3.46. The highest BCUT2D eigenvalue weighted by Gasteiger charge is 2.14. The molecule has 0 atom stereocenters. The lowest BCUT2D eigenvalue weighted by Crippen LogP contribution is -2.18. The van der Waals surface area contributed by atoms with Gasteiger partial charge in [0.05, 0.1) is 29.2 Å². The van der Waals surface area contributed by atoms with Crippen molar-refractivity contribution in [2.45, 2.75) is 24.9 Å². The molecule has 0 bridgehead atoms. The molecule has 0 aliphatic carbocycles. The number of hydrogen-bond acceptors (Lipinski definition) is 6. The zero-order chi connectivity index (χ0) is 20.4. The molecule has 0 fully saturated rings. The van der Waals surface area contributed by atoms with Gasteiger partial charge in [0.1, 0.15) is 23.0 Å². The smallest absolute Gasteiger partial charge is 0.235 e. The van der Waals surface area contributed by atoms with Gasteiger partial charge in [-0.1, -0.05) is 11.8 Å². The van der Waals surface area contributed by atoms with E-state index in [4.69, 9.17) is 0 Å². The van der Waals surface area contributed by atoms with Crippen molar-refractivity contribution < 1.29 is 9.18 Å². The first-order valence-corrected chi connectivity index (χ1v) is 9.92. The molecule has 8 nitrogen and oxygen atoms in total. The van der Waals surface area contributed by atoms with Crippen molar-refractivity contribution in [1.29, 1.82) is 0 Å². The Balaban J connectivity index is 1.51. The van der Waals surface area contributed by atoms with Crippen LogP contribution in [0, 0.1) is 5.82 Å². The average molecular weight is 411 g/mol. The van der Waals surface area contributed by atoms with Gasteiger partial charge >= 0.3 is 0 Å². The van der Waals surface area contributed by atoms with Gasteiger partial charge in [-0.25, -0.2) is 23.7 Å². The number of thioether (sulfide) groups is 1. The molecule has 1 N–H and O–H groups in total. The first-order chi connectivity index (χ1) is 14.0. The van der Waals surface area contributed by atoms with Crippen LogP contribution >= 0.6 is 11.8 Å². The highest BCUT2D eigenvalue weighted by molar-refractivity contribution is 8.00. The maximum atomic E-state index is 13.2. The van der Waals surface area contributed by atoms with E-state index in [0.717, 1.165) is 5.39 Å². The molecule has 0 saturated heterocycles. The third kappa shape index (κ3) is 3.97.